The summed E-state index contributed by atoms with van der Waals surface area (Å²) < 4.78 is 1.17. The van der Waals surface area contributed by atoms with Gasteiger partial charge in [0.1, 0.15) is 0 Å². The lowest BCUT2D eigenvalue weighted by Crippen LogP contribution is -2.28. The van der Waals surface area contributed by atoms with Crippen LogP contribution in [0, 0.1) is 5.92 Å². The van der Waals surface area contributed by atoms with Gasteiger partial charge in [0.15, 0.2) is 0 Å². The first kappa shape index (κ1) is 12.0. The van der Waals surface area contributed by atoms with Gasteiger partial charge in [-0.25, -0.2) is 0 Å². The summed E-state index contributed by atoms with van der Waals surface area (Å²) in [5, 5.41) is 3.04. The molecule has 1 atom stereocenters. The molecule has 1 unspecified atom stereocenters. The molecular formula is C14H14ClNOS. The fourth-order valence-corrected chi connectivity index (χ4v) is 3.64. The van der Waals surface area contributed by atoms with Crippen molar-refractivity contribution < 1.29 is 4.79 Å². The zero-order chi connectivity index (χ0) is 12.5. The third-order valence-electron chi connectivity index (χ3n) is 3.50. The molecule has 2 nitrogen and oxygen atoms in total. The maximum absolute atomic E-state index is 12.5. The molecule has 0 saturated carbocycles. The van der Waals surface area contributed by atoms with Gasteiger partial charge >= 0.3 is 0 Å². The van der Waals surface area contributed by atoms with Gasteiger partial charge in [0.25, 0.3) is 5.91 Å². The van der Waals surface area contributed by atoms with Crippen LogP contribution in [0.2, 0.25) is 0 Å². The Balaban J connectivity index is 1.89. The van der Waals surface area contributed by atoms with Crippen LogP contribution in [0.25, 0.3) is 10.1 Å². The topological polar surface area (TPSA) is 20.3 Å². The molecule has 0 N–H and O–H groups in total. The molecule has 1 aliphatic rings. The van der Waals surface area contributed by atoms with Gasteiger partial charge in [0, 0.05) is 34.4 Å². The smallest absolute Gasteiger partial charge is 0.255 e. The lowest BCUT2D eigenvalue weighted by Gasteiger charge is -2.15. The summed E-state index contributed by atoms with van der Waals surface area (Å²) in [4.78, 5) is 14.4. The molecule has 1 aliphatic heterocycles. The summed E-state index contributed by atoms with van der Waals surface area (Å²) >= 11 is 7.50. The Bertz CT molecular complexity index is 580. The average molecular weight is 280 g/mol. The highest BCUT2D eigenvalue weighted by molar-refractivity contribution is 7.17. The van der Waals surface area contributed by atoms with Gasteiger partial charge in [-0.1, -0.05) is 18.2 Å². The van der Waals surface area contributed by atoms with Gasteiger partial charge in [-0.3, -0.25) is 4.79 Å². The summed E-state index contributed by atoms with van der Waals surface area (Å²) in [5.41, 5.74) is 0.839. The van der Waals surface area contributed by atoms with Crippen molar-refractivity contribution >= 4 is 38.9 Å². The van der Waals surface area contributed by atoms with Crippen LogP contribution in [0.3, 0.4) is 0 Å². The molecule has 2 aromatic rings. The number of amides is 1. The Hall–Kier alpha value is -1.06. The van der Waals surface area contributed by atoms with E-state index < -0.39 is 0 Å². The standard InChI is InChI=1S/C14H14ClNOS/c15-7-10-5-6-16(8-10)14(17)12-9-18-13-4-2-1-3-11(12)13/h1-4,9-10H,5-8H2. The number of halogens is 1. The summed E-state index contributed by atoms with van der Waals surface area (Å²) in [6.07, 6.45) is 1.03. The van der Waals surface area contributed by atoms with Crippen molar-refractivity contribution in [3.05, 3.63) is 35.2 Å². The minimum atomic E-state index is 0.153. The molecule has 0 radical (unpaired) electrons. The van der Waals surface area contributed by atoms with E-state index >= 15 is 0 Å². The van der Waals surface area contributed by atoms with Crippen LogP contribution < -0.4 is 0 Å². The number of hydrogen-bond acceptors (Lipinski definition) is 2. The Morgan fingerprint density at radius 1 is 1.44 bits per heavy atom. The van der Waals surface area contributed by atoms with Crippen molar-refractivity contribution in [2.45, 2.75) is 6.42 Å². The van der Waals surface area contributed by atoms with Gasteiger partial charge in [-0.05, 0) is 18.4 Å². The van der Waals surface area contributed by atoms with Crippen molar-refractivity contribution in [2.75, 3.05) is 19.0 Å². The molecule has 18 heavy (non-hydrogen) atoms. The predicted molar refractivity (Wildman–Crippen MR) is 76.6 cm³/mol. The van der Waals surface area contributed by atoms with Gasteiger partial charge < -0.3 is 4.90 Å². The maximum Gasteiger partial charge on any atom is 0.255 e. The van der Waals surface area contributed by atoms with Gasteiger partial charge in [0.2, 0.25) is 0 Å². The molecule has 4 heteroatoms. The summed E-state index contributed by atoms with van der Waals surface area (Å²) in [6, 6.07) is 8.07. The number of fused-ring (bicyclic) bond motifs is 1. The number of carbonyl (C=O) groups excluding carboxylic acids is 1. The van der Waals surface area contributed by atoms with E-state index in [2.05, 4.69) is 6.07 Å². The van der Waals surface area contributed by atoms with E-state index in [0.29, 0.717) is 11.8 Å². The molecule has 1 aromatic carbocycles. The summed E-state index contributed by atoms with van der Waals surface area (Å²) in [6.45, 7) is 1.63. The number of rotatable bonds is 2. The van der Waals surface area contributed by atoms with Gasteiger partial charge in [-0.2, -0.15) is 0 Å². The molecule has 2 heterocycles. The second-order valence-electron chi connectivity index (χ2n) is 4.71. The first-order valence-electron chi connectivity index (χ1n) is 6.11. The lowest BCUT2D eigenvalue weighted by atomic mass is 10.1. The highest BCUT2D eigenvalue weighted by atomic mass is 35.5. The summed E-state index contributed by atoms with van der Waals surface area (Å²) in [5.74, 6) is 1.26. The third-order valence-corrected chi connectivity index (χ3v) is 4.90. The Kier molecular flexibility index (Phi) is 3.27. The summed E-state index contributed by atoms with van der Waals surface area (Å²) in [7, 11) is 0. The molecule has 0 aliphatic carbocycles. The molecule has 1 aromatic heterocycles. The molecule has 94 valence electrons. The predicted octanol–water partition coefficient (Wildman–Crippen LogP) is 3.60. The largest absolute Gasteiger partial charge is 0.338 e. The van der Waals surface area contributed by atoms with Crippen LogP contribution in [0.5, 0.6) is 0 Å². The molecule has 0 spiro atoms. The lowest BCUT2D eigenvalue weighted by molar-refractivity contribution is 0.0790. The molecule has 1 amide bonds. The molecule has 1 fully saturated rings. The minimum Gasteiger partial charge on any atom is -0.338 e. The minimum absolute atomic E-state index is 0.153. The highest BCUT2D eigenvalue weighted by Crippen LogP contribution is 2.28. The second kappa shape index (κ2) is 4.90. The molecule has 0 bridgehead atoms. The normalized spacial score (nSPS) is 19.6. The van der Waals surface area contributed by atoms with Crippen LogP contribution in [-0.2, 0) is 0 Å². The van der Waals surface area contributed by atoms with Crippen LogP contribution in [-0.4, -0.2) is 29.8 Å². The van der Waals surface area contributed by atoms with Crippen LogP contribution in [0.1, 0.15) is 16.8 Å². The van der Waals surface area contributed by atoms with E-state index in [1.807, 2.05) is 28.5 Å². The zero-order valence-electron chi connectivity index (χ0n) is 9.93. The van der Waals surface area contributed by atoms with Crippen LogP contribution >= 0.6 is 22.9 Å². The Labute approximate surface area is 115 Å². The number of alkyl halides is 1. The van der Waals surface area contributed by atoms with Crippen LogP contribution in [0.4, 0.5) is 0 Å². The number of benzene rings is 1. The quantitative estimate of drug-likeness (QED) is 0.769. The number of nitrogens with zero attached hydrogens (tertiary/aromatic N) is 1. The first-order valence-corrected chi connectivity index (χ1v) is 7.52. The van der Waals surface area contributed by atoms with E-state index in [0.717, 1.165) is 30.5 Å². The van der Waals surface area contributed by atoms with Crippen molar-refractivity contribution in [1.29, 1.82) is 0 Å². The SMILES string of the molecule is O=C(c1csc2ccccc12)N1CCC(CCl)C1. The van der Waals surface area contributed by atoms with Crippen molar-refractivity contribution in [3.63, 3.8) is 0 Å². The molecule has 1 saturated heterocycles. The van der Waals surface area contributed by atoms with E-state index in [1.165, 1.54) is 4.70 Å². The first-order chi connectivity index (χ1) is 8.79. The van der Waals surface area contributed by atoms with Gasteiger partial charge in [0.05, 0.1) is 5.56 Å². The van der Waals surface area contributed by atoms with E-state index in [1.54, 1.807) is 11.3 Å². The van der Waals surface area contributed by atoms with Gasteiger partial charge in [-0.15, -0.1) is 22.9 Å². The van der Waals surface area contributed by atoms with Crippen molar-refractivity contribution in [3.8, 4) is 0 Å². The number of likely N-dealkylation sites (tertiary alicyclic amines) is 1. The zero-order valence-corrected chi connectivity index (χ0v) is 11.5. The second-order valence-corrected chi connectivity index (χ2v) is 5.93. The highest BCUT2D eigenvalue weighted by Gasteiger charge is 2.27. The molecule has 3 rings (SSSR count). The fraction of sp³-hybridized carbons (Fsp3) is 0.357. The van der Waals surface area contributed by atoms with Crippen molar-refractivity contribution in [2.24, 2.45) is 5.92 Å². The van der Waals surface area contributed by atoms with E-state index in [-0.39, 0.29) is 5.91 Å². The van der Waals surface area contributed by atoms with E-state index in [9.17, 15) is 4.79 Å². The Morgan fingerprint density at radius 3 is 3.06 bits per heavy atom. The third kappa shape index (κ3) is 2.02. The molecular weight excluding hydrogens is 266 g/mol. The monoisotopic (exact) mass is 279 g/mol. The van der Waals surface area contributed by atoms with E-state index in [4.69, 9.17) is 11.6 Å². The average Bonchev–Trinajstić information content (AvgIpc) is 3.04. The maximum atomic E-state index is 12.5. The number of hydrogen-bond donors (Lipinski definition) is 0. The number of thiophene rings is 1. The number of carbonyl (C=O) groups is 1. The van der Waals surface area contributed by atoms with Crippen LogP contribution in [0.15, 0.2) is 29.6 Å². The fourth-order valence-electron chi connectivity index (χ4n) is 2.46. The van der Waals surface area contributed by atoms with Crippen molar-refractivity contribution in [1.82, 2.24) is 4.90 Å². The Morgan fingerprint density at radius 2 is 2.28 bits per heavy atom.